The van der Waals surface area contributed by atoms with Crippen LogP contribution in [0.5, 0.6) is 0 Å². The Morgan fingerprint density at radius 1 is 1.29 bits per heavy atom. The van der Waals surface area contributed by atoms with Crippen molar-refractivity contribution in [1.29, 1.82) is 0 Å². The van der Waals surface area contributed by atoms with Crippen molar-refractivity contribution in [3.8, 4) is 0 Å². The van der Waals surface area contributed by atoms with E-state index in [0.717, 1.165) is 25.2 Å². The van der Waals surface area contributed by atoms with Crippen molar-refractivity contribution in [2.24, 2.45) is 5.92 Å². The lowest BCUT2D eigenvalue weighted by Crippen LogP contribution is -2.31. The molecule has 0 aliphatic rings. The Balaban J connectivity index is 2.08. The second-order valence-electron chi connectivity index (χ2n) is 5.50. The molecule has 0 atom stereocenters. The molecule has 0 aliphatic carbocycles. The van der Waals surface area contributed by atoms with Crippen LogP contribution in [0.25, 0.3) is 0 Å². The monoisotopic (exact) mass is 291 g/mol. The maximum Gasteiger partial charge on any atom is 0.220 e. The van der Waals surface area contributed by atoms with E-state index in [0.29, 0.717) is 6.42 Å². The first-order valence-electron chi connectivity index (χ1n) is 7.45. The molecule has 116 valence electrons. The number of anilines is 1. The summed E-state index contributed by atoms with van der Waals surface area (Å²) in [5.41, 5.74) is 1.17. The Kier molecular flexibility index (Phi) is 7.43. The third-order valence-electron chi connectivity index (χ3n) is 3.16. The van der Waals surface area contributed by atoms with Crippen molar-refractivity contribution in [2.75, 3.05) is 18.4 Å². The van der Waals surface area contributed by atoms with E-state index in [1.807, 2.05) is 32.9 Å². The van der Waals surface area contributed by atoms with Crippen LogP contribution >= 0.6 is 0 Å². The molecule has 0 unspecified atom stereocenters. The van der Waals surface area contributed by atoms with Crippen molar-refractivity contribution in [1.82, 2.24) is 10.3 Å². The van der Waals surface area contributed by atoms with Gasteiger partial charge in [0.1, 0.15) is 5.82 Å². The molecule has 1 amide bonds. The van der Waals surface area contributed by atoms with Gasteiger partial charge < -0.3 is 10.6 Å². The standard InChI is InChI=1S/C16H25N3O2/c1-12(2)14(20)11-19-16(21)6-4-5-8-17-15-10-13(3)7-9-18-15/h7,9-10,12H,4-6,8,11H2,1-3H3,(H,17,18)(H,19,21). The highest BCUT2D eigenvalue weighted by atomic mass is 16.2. The number of unbranched alkanes of at least 4 members (excludes halogenated alkanes) is 1. The second-order valence-corrected chi connectivity index (χ2v) is 5.50. The summed E-state index contributed by atoms with van der Waals surface area (Å²) < 4.78 is 0. The van der Waals surface area contributed by atoms with Gasteiger partial charge in [-0.15, -0.1) is 0 Å². The molecule has 1 aromatic heterocycles. The van der Waals surface area contributed by atoms with E-state index in [2.05, 4.69) is 15.6 Å². The van der Waals surface area contributed by atoms with Gasteiger partial charge in [-0.05, 0) is 37.5 Å². The molecule has 2 N–H and O–H groups in total. The number of aromatic nitrogens is 1. The van der Waals surface area contributed by atoms with Gasteiger partial charge in [-0.2, -0.15) is 0 Å². The quantitative estimate of drug-likeness (QED) is 0.685. The number of carbonyl (C=O) groups excluding carboxylic acids is 2. The van der Waals surface area contributed by atoms with Crippen molar-refractivity contribution >= 4 is 17.5 Å². The lowest BCUT2D eigenvalue weighted by atomic mass is 10.1. The smallest absolute Gasteiger partial charge is 0.220 e. The first kappa shape index (κ1) is 17.1. The summed E-state index contributed by atoms with van der Waals surface area (Å²) in [6.07, 6.45) is 3.91. The summed E-state index contributed by atoms with van der Waals surface area (Å²) in [5.74, 6) is 0.839. The number of Topliss-reactive ketones (excluding diaryl/α,β-unsaturated/α-hetero) is 1. The van der Waals surface area contributed by atoms with Crippen molar-refractivity contribution in [2.45, 2.75) is 40.0 Å². The number of pyridine rings is 1. The number of carbonyl (C=O) groups is 2. The van der Waals surface area contributed by atoms with Crippen molar-refractivity contribution in [3.05, 3.63) is 23.9 Å². The topological polar surface area (TPSA) is 71.1 Å². The molecule has 0 saturated carbocycles. The van der Waals surface area contributed by atoms with Gasteiger partial charge in [-0.25, -0.2) is 4.98 Å². The normalized spacial score (nSPS) is 10.5. The van der Waals surface area contributed by atoms with E-state index in [9.17, 15) is 9.59 Å². The maximum absolute atomic E-state index is 11.6. The molecule has 0 aliphatic heterocycles. The molecule has 21 heavy (non-hydrogen) atoms. The Hall–Kier alpha value is -1.91. The van der Waals surface area contributed by atoms with Gasteiger partial charge in [0.2, 0.25) is 5.91 Å². The molecule has 1 aromatic rings. The minimum Gasteiger partial charge on any atom is -0.370 e. The largest absolute Gasteiger partial charge is 0.370 e. The molecule has 0 aromatic carbocycles. The van der Waals surface area contributed by atoms with Crippen molar-refractivity contribution < 1.29 is 9.59 Å². The summed E-state index contributed by atoms with van der Waals surface area (Å²) in [6, 6.07) is 3.94. The molecular weight excluding hydrogens is 266 g/mol. The van der Waals surface area contributed by atoms with Crippen LogP contribution in [0, 0.1) is 12.8 Å². The SMILES string of the molecule is Cc1ccnc(NCCCCC(=O)NCC(=O)C(C)C)c1. The highest BCUT2D eigenvalue weighted by Gasteiger charge is 2.08. The molecule has 0 radical (unpaired) electrons. The summed E-state index contributed by atoms with van der Waals surface area (Å²) in [5, 5.41) is 5.89. The number of amides is 1. The van der Waals surface area contributed by atoms with Gasteiger partial charge in [-0.3, -0.25) is 9.59 Å². The number of nitrogens with one attached hydrogen (secondary N) is 2. The zero-order valence-electron chi connectivity index (χ0n) is 13.1. The highest BCUT2D eigenvalue weighted by Crippen LogP contribution is 2.05. The minimum atomic E-state index is -0.0577. The van der Waals surface area contributed by atoms with Gasteiger partial charge in [0.05, 0.1) is 6.54 Å². The van der Waals surface area contributed by atoms with Gasteiger partial charge in [0.25, 0.3) is 0 Å². The van der Waals surface area contributed by atoms with Crippen LogP contribution in [-0.4, -0.2) is 29.8 Å². The van der Waals surface area contributed by atoms with Crippen LogP contribution in [0.15, 0.2) is 18.3 Å². The van der Waals surface area contributed by atoms with Crippen LogP contribution < -0.4 is 10.6 Å². The van der Waals surface area contributed by atoms with E-state index in [-0.39, 0.29) is 24.2 Å². The predicted molar refractivity (Wildman–Crippen MR) is 84.2 cm³/mol. The Morgan fingerprint density at radius 2 is 2.05 bits per heavy atom. The van der Waals surface area contributed by atoms with Crippen LogP contribution in [0.4, 0.5) is 5.82 Å². The van der Waals surface area contributed by atoms with Gasteiger partial charge in [0, 0.05) is 25.1 Å². The van der Waals surface area contributed by atoms with Crippen LogP contribution in [0.1, 0.15) is 38.7 Å². The summed E-state index contributed by atoms with van der Waals surface area (Å²) in [6.45, 7) is 6.62. The number of ketones is 1. The first-order valence-corrected chi connectivity index (χ1v) is 7.45. The molecule has 0 saturated heterocycles. The molecule has 0 spiro atoms. The zero-order valence-corrected chi connectivity index (χ0v) is 13.1. The van der Waals surface area contributed by atoms with E-state index < -0.39 is 0 Å². The van der Waals surface area contributed by atoms with E-state index in [1.54, 1.807) is 6.20 Å². The van der Waals surface area contributed by atoms with Crippen LogP contribution in [0.3, 0.4) is 0 Å². The fraction of sp³-hybridized carbons (Fsp3) is 0.562. The summed E-state index contributed by atoms with van der Waals surface area (Å²) >= 11 is 0. The third kappa shape index (κ3) is 7.44. The molecule has 0 bridgehead atoms. The predicted octanol–water partition coefficient (Wildman–Crippen LogP) is 2.31. The van der Waals surface area contributed by atoms with Crippen LogP contribution in [-0.2, 0) is 9.59 Å². The number of aryl methyl sites for hydroxylation is 1. The van der Waals surface area contributed by atoms with Gasteiger partial charge in [0.15, 0.2) is 5.78 Å². The van der Waals surface area contributed by atoms with E-state index >= 15 is 0 Å². The highest BCUT2D eigenvalue weighted by molar-refractivity contribution is 5.87. The lowest BCUT2D eigenvalue weighted by Gasteiger charge is -2.07. The average Bonchev–Trinajstić information content (AvgIpc) is 2.44. The number of hydrogen-bond donors (Lipinski definition) is 2. The Morgan fingerprint density at radius 3 is 2.71 bits per heavy atom. The zero-order chi connectivity index (χ0) is 15.7. The molecule has 1 heterocycles. The summed E-state index contributed by atoms with van der Waals surface area (Å²) in [4.78, 5) is 27.1. The number of nitrogens with zero attached hydrogens (tertiary/aromatic N) is 1. The molecule has 1 rings (SSSR count). The Labute approximate surface area is 126 Å². The summed E-state index contributed by atoms with van der Waals surface area (Å²) in [7, 11) is 0. The lowest BCUT2D eigenvalue weighted by molar-refractivity contribution is -0.126. The fourth-order valence-corrected chi connectivity index (χ4v) is 1.74. The minimum absolute atomic E-state index is 0.0312. The van der Waals surface area contributed by atoms with Crippen molar-refractivity contribution in [3.63, 3.8) is 0 Å². The average molecular weight is 291 g/mol. The Bertz CT molecular complexity index is 472. The van der Waals surface area contributed by atoms with Crippen LogP contribution in [0.2, 0.25) is 0 Å². The number of rotatable bonds is 9. The second kappa shape index (κ2) is 9.10. The fourth-order valence-electron chi connectivity index (χ4n) is 1.74. The third-order valence-corrected chi connectivity index (χ3v) is 3.16. The van der Waals surface area contributed by atoms with E-state index in [4.69, 9.17) is 0 Å². The maximum atomic E-state index is 11.6. The van der Waals surface area contributed by atoms with Gasteiger partial charge >= 0.3 is 0 Å². The number of hydrogen-bond acceptors (Lipinski definition) is 4. The molecular formula is C16H25N3O2. The molecule has 5 heteroatoms. The van der Waals surface area contributed by atoms with E-state index in [1.165, 1.54) is 5.56 Å². The molecule has 0 fully saturated rings. The molecule has 5 nitrogen and oxygen atoms in total. The van der Waals surface area contributed by atoms with Gasteiger partial charge in [-0.1, -0.05) is 13.8 Å². The first-order chi connectivity index (χ1) is 9.99.